The predicted molar refractivity (Wildman–Crippen MR) is 110 cm³/mol. The minimum absolute atomic E-state index is 0.141. The van der Waals surface area contributed by atoms with E-state index in [1.54, 1.807) is 17.2 Å². The van der Waals surface area contributed by atoms with Crippen molar-refractivity contribution in [3.63, 3.8) is 0 Å². The summed E-state index contributed by atoms with van der Waals surface area (Å²) in [4.78, 5) is 31.6. The number of nitrogens with one attached hydrogen (secondary N) is 3. The molecule has 0 aliphatic carbocycles. The van der Waals surface area contributed by atoms with Gasteiger partial charge in [-0.1, -0.05) is 18.2 Å². The third-order valence-corrected chi connectivity index (χ3v) is 4.95. The fraction of sp³-hybridized carbons (Fsp3) is 0.150. The standard InChI is InChI=1S/C20H18N8O/c1-11(26-19-17-18(22-9-21-17)23-10-24-19)15-6-12-4-3-5-14(16(12)20(29)27-15)13-7-25-28(2)8-13/h3-11H,1-2H3,(H,27,29)(H2,21,22,23,24,26)/t11-/m0/s1. The summed E-state index contributed by atoms with van der Waals surface area (Å²) in [6, 6.07) is 7.62. The molecule has 29 heavy (non-hydrogen) atoms. The van der Waals surface area contributed by atoms with Crippen molar-refractivity contribution in [1.29, 1.82) is 0 Å². The molecule has 0 aliphatic heterocycles. The number of benzene rings is 1. The predicted octanol–water partition coefficient (Wildman–Crippen LogP) is 2.77. The first kappa shape index (κ1) is 17.1. The van der Waals surface area contributed by atoms with Crippen LogP contribution in [0.15, 0.2) is 54.1 Å². The molecule has 3 N–H and O–H groups in total. The van der Waals surface area contributed by atoms with E-state index in [1.165, 1.54) is 6.33 Å². The first-order valence-electron chi connectivity index (χ1n) is 9.16. The van der Waals surface area contributed by atoms with E-state index in [0.717, 1.165) is 22.2 Å². The van der Waals surface area contributed by atoms with Crippen molar-refractivity contribution in [3.05, 3.63) is 65.4 Å². The maximum absolute atomic E-state index is 13.0. The third kappa shape index (κ3) is 2.92. The van der Waals surface area contributed by atoms with E-state index < -0.39 is 0 Å². The molecule has 0 radical (unpaired) electrons. The SMILES string of the molecule is C[C@H](Nc1ncnc2[nH]cnc12)c1cc2cccc(-c3cnn(C)c3)c2c(=O)[nH]1. The van der Waals surface area contributed by atoms with E-state index >= 15 is 0 Å². The first-order valence-corrected chi connectivity index (χ1v) is 9.16. The Bertz CT molecular complexity index is 1400. The summed E-state index contributed by atoms with van der Waals surface area (Å²) in [5.74, 6) is 0.605. The van der Waals surface area contributed by atoms with Gasteiger partial charge in [0.2, 0.25) is 0 Å². The quantitative estimate of drug-likeness (QED) is 0.437. The summed E-state index contributed by atoms with van der Waals surface area (Å²) in [6.07, 6.45) is 6.71. The van der Waals surface area contributed by atoms with E-state index in [9.17, 15) is 4.79 Å². The van der Waals surface area contributed by atoms with Crippen LogP contribution in [0.1, 0.15) is 18.7 Å². The smallest absolute Gasteiger partial charge is 0.256 e. The van der Waals surface area contributed by atoms with E-state index in [1.807, 2.05) is 44.4 Å². The lowest BCUT2D eigenvalue weighted by Crippen LogP contribution is -2.16. The van der Waals surface area contributed by atoms with Gasteiger partial charge in [-0.2, -0.15) is 5.10 Å². The number of rotatable bonds is 4. The lowest BCUT2D eigenvalue weighted by atomic mass is 10.0. The van der Waals surface area contributed by atoms with Gasteiger partial charge in [0.1, 0.15) is 11.8 Å². The van der Waals surface area contributed by atoms with Crippen molar-refractivity contribution in [2.24, 2.45) is 7.05 Å². The van der Waals surface area contributed by atoms with Gasteiger partial charge in [0.15, 0.2) is 11.5 Å². The molecule has 0 bridgehead atoms. The average Bonchev–Trinajstić information content (AvgIpc) is 3.37. The number of H-pyrrole nitrogens is 2. The molecule has 9 nitrogen and oxygen atoms in total. The van der Waals surface area contributed by atoms with Gasteiger partial charge in [0.25, 0.3) is 5.56 Å². The lowest BCUT2D eigenvalue weighted by Gasteiger charge is -2.16. The minimum Gasteiger partial charge on any atom is -0.360 e. The van der Waals surface area contributed by atoms with Gasteiger partial charge >= 0.3 is 0 Å². The van der Waals surface area contributed by atoms with Crippen molar-refractivity contribution >= 4 is 27.8 Å². The highest BCUT2D eigenvalue weighted by atomic mass is 16.1. The van der Waals surface area contributed by atoms with Crippen LogP contribution in [0.5, 0.6) is 0 Å². The highest BCUT2D eigenvalue weighted by Crippen LogP contribution is 2.28. The zero-order valence-corrected chi connectivity index (χ0v) is 15.8. The molecule has 0 saturated heterocycles. The Morgan fingerprint density at radius 3 is 2.93 bits per heavy atom. The number of pyridine rings is 1. The molecule has 1 aromatic carbocycles. The molecule has 5 aromatic rings. The van der Waals surface area contributed by atoms with E-state index in [4.69, 9.17) is 0 Å². The van der Waals surface area contributed by atoms with Gasteiger partial charge in [0.05, 0.1) is 24.0 Å². The summed E-state index contributed by atoms with van der Waals surface area (Å²) in [5, 5.41) is 9.04. The molecule has 0 amide bonds. The number of anilines is 1. The summed E-state index contributed by atoms with van der Waals surface area (Å²) in [5.41, 5.74) is 3.69. The lowest BCUT2D eigenvalue weighted by molar-refractivity contribution is 0.768. The largest absolute Gasteiger partial charge is 0.360 e. The Balaban J connectivity index is 1.56. The maximum atomic E-state index is 13.0. The van der Waals surface area contributed by atoms with E-state index in [2.05, 4.69) is 35.3 Å². The van der Waals surface area contributed by atoms with Crippen LogP contribution >= 0.6 is 0 Å². The van der Waals surface area contributed by atoms with Crippen LogP contribution in [0.3, 0.4) is 0 Å². The van der Waals surface area contributed by atoms with Crippen molar-refractivity contribution in [1.82, 2.24) is 34.7 Å². The van der Waals surface area contributed by atoms with Crippen LogP contribution < -0.4 is 10.9 Å². The van der Waals surface area contributed by atoms with Crippen LogP contribution in [0.25, 0.3) is 33.1 Å². The molecular formula is C20H18N8O. The van der Waals surface area contributed by atoms with E-state index in [-0.39, 0.29) is 11.6 Å². The second-order valence-electron chi connectivity index (χ2n) is 6.91. The zero-order chi connectivity index (χ0) is 20.0. The first-order chi connectivity index (χ1) is 14.1. The molecular weight excluding hydrogens is 368 g/mol. The van der Waals surface area contributed by atoms with Gasteiger partial charge in [0, 0.05) is 24.5 Å². The number of imidazole rings is 1. The van der Waals surface area contributed by atoms with Gasteiger partial charge in [-0.3, -0.25) is 9.48 Å². The van der Waals surface area contributed by atoms with Gasteiger partial charge in [-0.25, -0.2) is 15.0 Å². The molecule has 9 heteroatoms. The molecule has 144 valence electrons. The molecule has 0 unspecified atom stereocenters. The fourth-order valence-electron chi connectivity index (χ4n) is 3.53. The Morgan fingerprint density at radius 2 is 2.10 bits per heavy atom. The normalized spacial score (nSPS) is 12.5. The molecule has 0 aliphatic rings. The van der Waals surface area contributed by atoms with Gasteiger partial charge in [-0.05, 0) is 23.9 Å². The molecule has 5 rings (SSSR count). The zero-order valence-electron chi connectivity index (χ0n) is 15.8. The van der Waals surface area contributed by atoms with Crippen LogP contribution in [-0.4, -0.2) is 34.7 Å². The number of hydrogen-bond acceptors (Lipinski definition) is 6. The number of fused-ring (bicyclic) bond motifs is 2. The number of aromatic nitrogens is 7. The van der Waals surface area contributed by atoms with Crippen molar-refractivity contribution < 1.29 is 0 Å². The van der Waals surface area contributed by atoms with Crippen molar-refractivity contribution in [2.75, 3.05) is 5.32 Å². The number of aryl methyl sites for hydroxylation is 1. The summed E-state index contributed by atoms with van der Waals surface area (Å²) in [6.45, 7) is 1.96. The molecule has 0 spiro atoms. The van der Waals surface area contributed by atoms with Crippen LogP contribution in [0.4, 0.5) is 5.82 Å². The molecule has 0 fully saturated rings. The highest BCUT2D eigenvalue weighted by Gasteiger charge is 2.15. The van der Waals surface area contributed by atoms with Crippen LogP contribution in [-0.2, 0) is 7.05 Å². The molecule has 0 saturated carbocycles. The second-order valence-corrected chi connectivity index (χ2v) is 6.91. The third-order valence-electron chi connectivity index (χ3n) is 4.95. The summed E-state index contributed by atoms with van der Waals surface area (Å²) < 4.78 is 1.72. The maximum Gasteiger partial charge on any atom is 0.256 e. The van der Waals surface area contributed by atoms with Gasteiger partial charge in [-0.15, -0.1) is 0 Å². The Morgan fingerprint density at radius 1 is 1.21 bits per heavy atom. The van der Waals surface area contributed by atoms with Crippen LogP contribution in [0.2, 0.25) is 0 Å². The Labute approximate surface area is 164 Å². The monoisotopic (exact) mass is 386 g/mol. The average molecular weight is 386 g/mol. The summed E-state index contributed by atoms with van der Waals surface area (Å²) in [7, 11) is 1.85. The molecule has 4 heterocycles. The Hall–Kier alpha value is -4.01. The Kier molecular flexibility index (Phi) is 3.87. The number of aromatic amines is 2. The molecule has 1 atom stereocenters. The van der Waals surface area contributed by atoms with Gasteiger partial charge < -0.3 is 15.3 Å². The van der Waals surface area contributed by atoms with Crippen molar-refractivity contribution in [3.8, 4) is 11.1 Å². The summed E-state index contributed by atoms with van der Waals surface area (Å²) >= 11 is 0. The van der Waals surface area contributed by atoms with Crippen LogP contribution in [0, 0.1) is 0 Å². The highest BCUT2D eigenvalue weighted by molar-refractivity contribution is 5.96. The topological polar surface area (TPSA) is 117 Å². The molecule has 4 aromatic heterocycles. The number of hydrogen-bond donors (Lipinski definition) is 3. The van der Waals surface area contributed by atoms with Crippen molar-refractivity contribution in [2.45, 2.75) is 13.0 Å². The fourth-order valence-corrected chi connectivity index (χ4v) is 3.53. The van der Waals surface area contributed by atoms with E-state index in [0.29, 0.717) is 22.4 Å². The number of nitrogens with zero attached hydrogens (tertiary/aromatic N) is 5. The second kappa shape index (κ2) is 6.55. The minimum atomic E-state index is -0.191.